The van der Waals surface area contributed by atoms with E-state index in [4.69, 9.17) is 9.47 Å². The van der Waals surface area contributed by atoms with Crippen molar-refractivity contribution in [1.29, 1.82) is 0 Å². The van der Waals surface area contributed by atoms with Crippen molar-refractivity contribution in [2.45, 2.75) is 24.5 Å². The molecular formula is C12H20N2O4S2. The van der Waals surface area contributed by atoms with Crippen LogP contribution in [0.4, 0.5) is 0 Å². The molecule has 1 aromatic heterocycles. The standard InChI is InChI=1S/C12H20N2O4S2/c1-9-12(5-11(19-9)7-13-2)20(15,16)14-6-10-8-17-3-4-18-10/h5,10,13-14H,3-4,6-8H2,1-2H3. The summed E-state index contributed by atoms with van der Waals surface area (Å²) in [6.45, 7) is 4.23. The number of thiophene rings is 1. The van der Waals surface area contributed by atoms with E-state index in [2.05, 4.69) is 10.0 Å². The van der Waals surface area contributed by atoms with Crippen molar-refractivity contribution in [2.24, 2.45) is 0 Å². The summed E-state index contributed by atoms with van der Waals surface area (Å²) in [7, 11) is -1.66. The molecule has 2 N–H and O–H groups in total. The van der Waals surface area contributed by atoms with Crippen LogP contribution in [0, 0.1) is 6.92 Å². The average molecular weight is 320 g/mol. The van der Waals surface area contributed by atoms with Gasteiger partial charge in [-0.1, -0.05) is 0 Å². The summed E-state index contributed by atoms with van der Waals surface area (Å²) < 4.78 is 37.8. The first-order chi connectivity index (χ1) is 9.53. The van der Waals surface area contributed by atoms with E-state index in [1.807, 2.05) is 14.0 Å². The third-order valence-electron chi connectivity index (χ3n) is 2.95. The van der Waals surface area contributed by atoms with Crippen LogP contribution >= 0.6 is 11.3 Å². The molecule has 6 nitrogen and oxygen atoms in total. The molecule has 1 aliphatic heterocycles. The molecule has 0 saturated carbocycles. The van der Waals surface area contributed by atoms with E-state index in [0.717, 1.165) is 9.75 Å². The van der Waals surface area contributed by atoms with Crippen LogP contribution in [0.3, 0.4) is 0 Å². The lowest BCUT2D eigenvalue weighted by Gasteiger charge is -2.23. The second-order valence-electron chi connectivity index (χ2n) is 4.58. The first-order valence-corrected chi connectivity index (χ1v) is 8.76. The van der Waals surface area contributed by atoms with Crippen LogP contribution in [-0.4, -0.2) is 47.9 Å². The molecule has 2 rings (SSSR count). The predicted octanol–water partition coefficient (Wildman–Crippen LogP) is 0.470. The Labute approximate surface area is 123 Å². The maximum atomic E-state index is 12.3. The largest absolute Gasteiger partial charge is 0.376 e. The molecule has 1 unspecified atom stereocenters. The molecule has 0 aliphatic carbocycles. The minimum atomic E-state index is -3.49. The van der Waals surface area contributed by atoms with Gasteiger partial charge in [0.15, 0.2) is 0 Å². The second kappa shape index (κ2) is 6.97. The quantitative estimate of drug-likeness (QED) is 0.797. The van der Waals surface area contributed by atoms with Crippen molar-refractivity contribution in [1.82, 2.24) is 10.0 Å². The van der Waals surface area contributed by atoms with Gasteiger partial charge in [0.05, 0.1) is 30.8 Å². The molecule has 0 radical (unpaired) electrons. The van der Waals surface area contributed by atoms with Gasteiger partial charge in [-0.05, 0) is 20.0 Å². The number of sulfonamides is 1. The van der Waals surface area contributed by atoms with Crippen LogP contribution in [0.2, 0.25) is 0 Å². The zero-order valence-electron chi connectivity index (χ0n) is 11.6. The Morgan fingerprint density at radius 2 is 2.25 bits per heavy atom. The Kier molecular flexibility index (Phi) is 5.53. The molecule has 2 heterocycles. The van der Waals surface area contributed by atoms with Gasteiger partial charge >= 0.3 is 0 Å². The van der Waals surface area contributed by atoms with Gasteiger partial charge in [-0.25, -0.2) is 13.1 Å². The summed E-state index contributed by atoms with van der Waals surface area (Å²) in [6, 6.07) is 1.72. The summed E-state index contributed by atoms with van der Waals surface area (Å²) in [6.07, 6.45) is -0.214. The van der Waals surface area contributed by atoms with Crippen molar-refractivity contribution in [3.05, 3.63) is 15.8 Å². The Bertz CT molecular complexity index is 536. The summed E-state index contributed by atoms with van der Waals surface area (Å²) in [5, 5.41) is 3.02. The van der Waals surface area contributed by atoms with Crippen LogP contribution in [-0.2, 0) is 26.0 Å². The third-order valence-corrected chi connectivity index (χ3v) is 5.68. The Hall–Kier alpha value is -0.510. The fraction of sp³-hybridized carbons (Fsp3) is 0.667. The fourth-order valence-corrected chi connectivity index (χ4v) is 4.70. The van der Waals surface area contributed by atoms with E-state index in [1.165, 1.54) is 11.3 Å². The van der Waals surface area contributed by atoms with Crippen LogP contribution < -0.4 is 10.0 Å². The molecule has 20 heavy (non-hydrogen) atoms. The summed E-state index contributed by atoms with van der Waals surface area (Å²) in [5.74, 6) is 0. The first kappa shape index (κ1) is 15.9. The van der Waals surface area contributed by atoms with Gasteiger partial charge in [0.1, 0.15) is 0 Å². The van der Waals surface area contributed by atoms with E-state index in [0.29, 0.717) is 31.3 Å². The highest BCUT2D eigenvalue weighted by atomic mass is 32.2. The smallest absolute Gasteiger partial charge is 0.241 e. The van der Waals surface area contributed by atoms with Gasteiger partial charge in [-0.15, -0.1) is 11.3 Å². The zero-order valence-corrected chi connectivity index (χ0v) is 13.3. The Morgan fingerprint density at radius 1 is 1.45 bits per heavy atom. The van der Waals surface area contributed by atoms with Crippen molar-refractivity contribution >= 4 is 21.4 Å². The summed E-state index contributed by atoms with van der Waals surface area (Å²) >= 11 is 1.49. The van der Waals surface area contributed by atoms with Gasteiger partial charge in [0, 0.05) is 22.8 Å². The lowest BCUT2D eigenvalue weighted by molar-refractivity contribution is -0.0846. The normalized spacial score (nSPS) is 20.2. The molecular weight excluding hydrogens is 300 g/mol. The molecule has 8 heteroatoms. The number of aryl methyl sites for hydroxylation is 1. The maximum Gasteiger partial charge on any atom is 0.241 e. The molecule has 1 aliphatic rings. The molecule has 1 aromatic rings. The SMILES string of the molecule is CNCc1cc(S(=O)(=O)NCC2COCCO2)c(C)s1. The van der Waals surface area contributed by atoms with E-state index >= 15 is 0 Å². The van der Waals surface area contributed by atoms with E-state index in [-0.39, 0.29) is 12.6 Å². The predicted molar refractivity (Wildman–Crippen MR) is 77.6 cm³/mol. The van der Waals surface area contributed by atoms with Crippen LogP contribution in [0.25, 0.3) is 0 Å². The zero-order chi connectivity index (χ0) is 14.6. The molecule has 1 atom stereocenters. The monoisotopic (exact) mass is 320 g/mol. The minimum absolute atomic E-state index is 0.214. The number of rotatable bonds is 6. The van der Waals surface area contributed by atoms with Crippen molar-refractivity contribution in [3.8, 4) is 0 Å². The minimum Gasteiger partial charge on any atom is -0.376 e. The maximum absolute atomic E-state index is 12.3. The van der Waals surface area contributed by atoms with Gasteiger partial charge in [0.25, 0.3) is 0 Å². The third kappa shape index (κ3) is 4.00. The highest BCUT2D eigenvalue weighted by Crippen LogP contribution is 2.25. The van der Waals surface area contributed by atoms with E-state index in [9.17, 15) is 8.42 Å². The number of nitrogens with one attached hydrogen (secondary N) is 2. The van der Waals surface area contributed by atoms with Crippen molar-refractivity contribution in [3.63, 3.8) is 0 Å². The number of hydrogen-bond acceptors (Lipinski definition) is 6. The van der Waals surface area contributed by atoms with Crippen LogP contribution in [0.1, 0.15) is 9.75 Å². The van der Waals surface area contributed by atoms with Gasteiger partial charge < -0.3 is 14.8 Å². The van der Waals surface area contributed by atoms with Crippen molar-refractivity contribution < 1.29 is 17.9 Å². The molecule has 0 amide bonds. The van der Waals surface area contributed by atoms with E-state index in [1.54, 1.807) is 6.07 Å². The molecule has 0 spiro atoms. The van der Waals surface area contributed by atoms with Crippen LogP contribution in [0.15, 0.2) is 11.0 Å². The highest BCUT2D eigenvalue weighted by Gasteiger charge is 2.22. The van der Waals surface area contributed by atoms with Crippen molar-refractivity contribution in [2.75, 3.05) is 33.4 Å². The van der Waals surface area contributed by atoms with Gasteiger partial charge in [-0.3, -0.25) is 0 Å². The molecule has 1 saturated heterocycles. The highest BCUT2D eigenvalue weighted by molar-refractivity contribution is 7.89. The molecule has 1 fully saturated rings. The van der Waals surface area contributed by atoms with Crippen LogP contribution in [0.5, 0.6) is 0 Å². The topological polar surface area (TPSA) is 76.7 Å². The molecule has 0 bridgehead atoms. The summed E-state index contributed by atoms with van der Waals surface area (Å²) in [4.78, 5) is 2.15. The Balaban J connectivity index is 2.01. The van der Waals surface area contributed by atoms with Gasteiger partial charge in [-0.2, -0.15) is 0 Å². The first-order valence-electron chi connectivity index (χ1n) is 6.46. The lowest BCUT2D eigenvalue weighted by atomic mass is 10.3. The summed E-state index contributed by atoms with van der Waals surface area (Å²) in [5.41, 5.74) is 0. The lowest BCUT2D eigenvalue weighted by Crippen LogP contribution is -2.39. The molecule has 0 aromatic carbocycles. The number of hydrogen-bond donors (Lipinski definition) is 2. The van der Waals surface area contributed by atoms with E-state index < -0.39 is 10.0 Å². The Morgan fingerprint density at radius 3 is 2.90 bits per heavy atom. The average Bonchev–Trinajstić information content (AvgIpc) is 2.80. The fourth-order valence-electron chi connectivity index (χ4n) is 1.99. The molecule has 114 valence electrons. The van der Waals surface area contributed by atoms with Gasteiger partial charge in [0.2, 0.25) is 10.0 Å². The second-order valence-corrected chi connectivity index (χ2v) is 7.66. The number of ether oxygens (including phenoxy) is 2.